The number of hydrogen-bond donors (Lipinski definition) is 2. The van der Waals surface area contributed by atoms with Crippen molar-refractivity contribution in [3.05, 3.63) is 59.0 Å². The molecule has 0 spiro atoms. The Morgan fingerprint density at radius 1 is 1.18 bits per heavy atom. The highest BCUT2D eigenvalue weighted by atomic mass is 15.4. The first-order valence-electron chi connectivity index (χ1n) is 10.5. The number of hydrogen-bond acceptors (Lipinski definition) is 7. The number of pyridine rings is 1. The first kappa shape index (κ1) is 24.1. The number of fused-ring (bicyclic) bond motifs is 2. The van der Waals surface area contributed by atoms with Crippen LogP contribution >= 0.6 is 0 Å². The van der Waals surface area contributed by atoms with Crippen LogP contribution in [0.4, 0.5) is 11.5 Å². The summed E-state index contributed by atoms with van der Waals surface area (Å²) >= 11 is 0. The average molecular weight is 435 g/mol. The largest absolute Gasteiger partial charge is 0.390 e. The lowest BCUT2D eigenvalue weighted by atomic mass is 9.21. The summed E-state index contributed by atoms with van der Waals surface area (Å²) in [5.41, 5.74) is 15.1. The molecular weight excluding hydrogens is 417 g/mol. The van der Waals surface area contributed by atoms with Gasteiger partial charge < -0.3 is 21.3 Å². The van der Waals surface area contributed by atoms with Gasteiger partial charge in [-0.25, -0.2) is 0 Å². The molecule has 0 saturated heterocycles. The highest BCUT2D eigenvalue weighted by Gasteiger charge is 2.54. The third-order valence-electron chi connectivity index (χ3n) is 6.43. The van der Waals surface area contributed by atoms with Gasteiger partial charge in [-0.3, -0.25) is 9.67 Å². The summed E-state index contributed by atoms with van der Waals surface area (Å²) in [4.78, 5) is 8.11. The van der Waals surface area contributed by atoms with Crippen LogP contribution in [0.1, 0.15) is 18.2 Å². The molecule has 14 heteroatoms. The molecule has 2 aliphatic heterocycles. The maximum absolute atomic E-state index is 8.93. The summed E-state index contributed by atoms with van der Waals surface area (Å²) in [6.45, 7) is 2.90. The van der Waals surface area contributed by atoms with Gasteiger partial charge in [-0.15, -0.1) is 0 Å². The van der Waals surface area contributed by atoms with E-state index in [1.807, 2.05) is 17.0 Å². The highest BCUT2D eigenvalue weighted by molar-refractivity contribution is 6.62. The van der Waals surface area contributed by atoms with Crippen LogP contribution in [0.5, 0.6) is 0 Å². The Bertz CT molecular complexity index is 1240. The number of rotatable bonds is 3. The number of nitrogens with two attached hydrogens (primary N) is 2. The van der Waals surface area contributed by atoms with Gasteiger partial charge in [-0.05, 0) is 40.9 Å². The van der Waals surface area contributed by atoms with Crippen LogP contribution in [-0.2, 0) is 18.3 Å². The molecule has 0 bridgehead atoms. The molecule has 2 aromatic rings. The quantitative estimate of drug-likeness (QED) is 0.352. The first-order valence-corrected chi connectivity index (χ1v) is 10.5. The molecule has 34 heavy (non-hydrogen) atoms. The summed E-state index contributed by atoms with van der Waals surface area (Å²) in [5.74, 6) is 0.916. The zero-order chi connectivity index (χ0) is 25.1. The molecule has 4 rings (SSSR count). The molecule has 0 atom stereocenters. The van der Waals surface area contributed by atoms with E-state index in [-0.39, 0.29) is 5.70 Å². The van der Waals surface area contributed by atoms with E-state index in [2.05, 4.69) is 10.1 Å². The van der Waals surface area contributed by atoms with Gasteiger partial charge in [0.25, 0.3) is 0 Å². The Labute approximate surface area is 207 Å². The molecule has 4 heterocycles. The standard InChI is InChI=1S/C20H18B6N8/c1-11(6-13(28)8-27)17(29)32-5-3-15-12(10-32)7-14(9-30-15)33-16-2-4-31-34(16)20(25,26)18(21,22)19(33,23)24/h2,4,6-7,9H,3,5,10,28-29H2,1H3/b13-6-,17-11+. The minimum absolute atomic E-state index is 0.0775. The molecule has 0 fully saturated rings. The number of nitriles is 1. The molecule has 2 aromatic heterocycles. The topological polar surface area (TPSA) is 113 Å². The summed E-state index contributed by atoms with van der Waals surface area (Å²) in [7, 11) is 38.0. The molecule has 0 aromatic carbocycles. The number of nitrogens with zero attached hydrogens (tertiary/aromatic N) is 6. The van der Waals surface area contributed by atoms with E-state index in [0.717, 1.165) is 11.3 Å². The van der Waals surface area contributed by atoms with Crippen molar-refractivity contribution in [1.82, 2.24) is 19.7 Å². The third-order valence-corrected chi connectivity index (χ3v) is 6.43. The predicted octanol–water partition coefficient (Wildman–Crippen LogP) is -1.26. The maximum Gasteiger partial charge on any atom is 0.129 e. The molecular formula is C20H18B6N8. The van der Waals surface area contributed by atoms with Crippen molar-refractivity contribution in [2.45, 2.75) is 35.8 Å². The SMILES string of the molecule is [B]C1([B])N(c2cnc3c(c2)CN(/C(N)=C(C)/C=C(\N)C#N)CC3)c2ccnn2C([B])([B])C1([B])[B]. The van der Waals surface area contributed by atoms with Crippen LogP contribution in [0.3, 0.4) is 0 Å². The third kappa shape index (κ3) is 3.44. The van der Waals surface area contributed by atoms with Crippen molar-refractivity contribution in [1.29, 1.82) is 5.26 Å². The second-order valence-electron chi connectivity index (χ2n) is 8.71. The Kier molecular flexibility index (Phi) is 5.66. The minimum Gasteiger partial charge on any atom is -0.390 e. The van der Waals surface area contributed by atoms with Gasteiger partial charge in [0.1, 0.15) is 23.4 Å². The smallest absolute Gasteiger partial charge is 0.129 e. The van der Waals surface area contributed by atoms with Crippen LogP contribution in [0.25, 0.3) is 0 Å². The monoisotopic (exact) mass is 436 g/mol. The van der Waals surface area contributed by atoms with Crippen molar-refractivity contribution < 1.29 is 0 Å². The summed E-state index contributed by atoms with van der Waals surface area (Å²) in [6.07, 6.45) is 5.33. The van der Waals surface area contributed by atoms with Crippen LogP contribution in [0.15, 0.2) is 47.7 Å². The van der Waals surface area contributed by atoms with E-state index in [4.69, 9.17) is 63.8 Å². The zero-order valence-electron chi connectivity index (χ0n) is 18.8. The van der Waals surface area contributed by atoms with Crippen molar-refractivity contribution in [2.24, 2.45) is 11.5 Å². The fourth-order valence-corrected chi connectivity index (χ4v) is 4.30. The molecule has 0 amide bonds. The van der Waals surface area contributed by atoms with Crippen molar-refractivity contribution >= 4 is 58.6 Å². The highest BCUT2D eigenvalue weighted by Crippen LogP contribution is 2.53. The van der Waals surface area contributed by atoms with Crippen molar-refractivity contribution in [3.63, 3.8) is 0 Å². The lowest BCUT2D eigenvalue weighted by Gasteiger charge is -2.64. The molecule has 156 valence electrons. The van der Waals surface area contributed by atoms with Gasteiger partial charge in [0, 0.05) is 31.3 Å². The fourth-order valence-electron chi connectivity index (χ4n) is 4.30. The van der Waals surface area contributed by atoms with E-state index >= 15 is 0 Å². The normalized spacial score (nSPS) is 21.1. The molecule has 2 aliphatic rings. The Balaban J connectivity index is 1.75. The first-order chi connectivity index (χ1) is 15.8. The molecule has 0 saturated carbocycles. The predicted molar refractivity (Wildman–Crippen MR) is 135 cm³/mol. The average Bonchev–Trinajstić information content (AvgIpc) is 3.27. The summed E-state index contributed by atoms with van der Waals surface area (Å²) < 4.78 is 1.28. The van der Waals surface area contributed by atoms with Crippen LogP contribution < -0.4 is 16.4 Å². The second kappa shape index (κ2) is 8.00. The molecule has 0 aliphatic carbocycles. The van der Waals surface area contributed by atoms with E-state index in [0.29, 0.717) is 42.4 Å². The molecule has 12 radical (unpaired) electrons. The molecule has 0 unspecified atom stereocenters. The number of allylic oxidation sites excluding steroid dienone is 3. The number of anilines is 2. The van der Waals surface area contributed by atoms with E-state index in [1.165, 1.54) is 15.8 Å². The minimum atomic E-state index is -1.99. The van der Waals surface area contributed by atoms with Gasteiger partial charge in [-0.2, -0.15) is 10.4 Å². The van der Waals surface area contributed by atoms with Crippen molar-refractivity contribution in [2.75, 3.05) is 11.4 Å². The molecule has 4 N–H and O–H groups in total. The van der Waals surface area contributed by atoms with Gasteiger partial charge in [-0.1, -0.05) is 5.21 Å². The lowest BCUT2D eigenvalue weighted by Crippen LogP contribution is -2.70. The van der Waals surface area contributed by atoms with E-state index in [1.54, 1.807) is 25.3 Å². The summed E-state index contributed by atoms with van der Waals surface area (Å²) in [5, 5.41) is 7.37. The van der Waals surface area contributed by atoms with E-state index < -0.39 is 15.9 Å². The number of aromatic nitrogens is 3. The lowest BCUT2D eigenvalue weighted by molar-refractivity contribution is 0.313. The van der Waals surface area contributed by atoms with Crippen LogP contribution in [-0.4, -0.2) is 78.6 Å². The fraction of sp³-hybridized carbons (Fsp3) is 0.350. The Morgan fingerprint density at radius 2 is 1.88 bits per heavy atom. The van der Waals surface area contributed by atoms with E-state index in [9.17, 15) is 0 Å². The zero-order valence-corrected chi connectivity index (χ0v) is 18.8. The Morgan fingerprint density at radius 3 is 2.56 bits per heavy atom. The van der Waals surface area contributed by atoms with Crippen molar-refractivity contribution in [3.8, 4) is 6.07 Å². The van der Waals surface area contributed by atoms with Gasteiger partial charge in [0.15, 0.2) is 0 Å². The molecule has 8 nitrogen and oxygen atoms in total. The van der Waals surface area contributed by atoms with Crippen LogP contribution in [0.2, 0.25) is 5.21 Å². The maximum atomic E-state index is 8.93. The Hall–Kier alpha value is -3.08. The second-order valence-corrected chi connectivity index (χ2v) is 8.71. The van der Waals surface area contributed by atoms with Gasteiger partial charge >= 0.3 is 0 Å². The van der Waals surface area contributed by atoms with Gasteiger partial charge in [0.2, 0.25) is 0 Å². The van der Waals surface area contributed by atoms with Gasteiger partial charge in [0.05, 0.1) is 65.2 Å². The summed E-state index contributed by atoms with van der Waals surface area (Å²) in [6, 6.07) is 5.43. The van der Waals surface area contributed by atoms with Crippen LogP contribution in [0, 0.1) is 11.3 Å².